The molecule has 1 heterocycles. The Morgan fingerprint density at radius 1 is 1.24 bits per heavy atom. The van der Waals surface area contributed by atoms with Crippen molar-refractivity contribution in [1.29, 1.82) is 0 Å². The van der Waals surface area contributed by atoms with Crippen LogP contribution in [0.25, 0.3) is 0 Å². The summed E-state index contributed by atoms with van der Waals surface area (Å²) in [5.74, 6) is -2.37. The van der Waals surface area contributed by atoms with Gasteiger partial charge in [-0.05, 0) is 26.1 Å². The zero-order chi connectivity index (χ0) is 15.4. The molecule has 1 atom stereocenters. The van der Waals surface area contributed by atoms with Crippen LogP contribution in [-0.2, 0) is 0 Å². The highest BCUT2D eigenvalue weighted by atomic mass is 19.1. The molecule has 1 amide bonds. The topological polar surface area (TPSA) is 35.6 Å². The van der Waals surface area contributed by atoms with Crippen molar-refractivity contribution in [3.63, 3.8) is 0 Å². The third-order valence-corrected chi connectivity index (χ3v) is 3.91. The Bertz CT molecular complexity index is 481. The van der Waals surface area contributed by atoms with Gasteiger partial charge in [-0.1, -0.05) is 6.07 Å². The molecule has 21 heavy (non-hydrogen) atoms. The molecular formula is C15H21F2N3O. The highest BCUT2D eigenvalue weighted by Crippen LogP contribution is 2.12. The van der Waals surface area contributed by atoms with Crippen molar-refractivity contribution < 1.29 is 13.6 Å². The number of hydrogen-bond donors (Lipinski definition) is 1. The van der Waals surface area contributed by atoms with Gasteiger partial charge >= 0.3 is 0 Å². The van der Waals surface area contributed by atoms with Crippen LogP contribution in [0.2, 0.25) is 0 Å². The molecule has 4 nitrogen and oxygen atoms in total. The SMILES string of the molecule is CC(CNC(=O)c1c(F)cccc1F)N1CCN(C)CC1. The Labute approximate surface area is 123 Å². The lowest BCUT2D eigenvalue weighted by Crippen LogP contribution is -2.51. The molecular weight excluding hydrogens is 276 g/mol. The summed E-state index contributed by atoms with van der Waals surface area (Å²) in [6, 6.07) is 3.55. The molecule has 1 aliphatic rings. The van der Waals surface area contributed by atoms with Crippen LogP contribution in [0.15, 0.2) is 18.2 Å². The molecule has 1 fully saturated rings. The van der Waals surface area contributed by atoms with Gasteiger partial charge in [0.1, 0.15) is 17.2 Å². The van der Waals surface area contributed by atoms with Crippen molar-refractivity contribution in [2.45, 2.75) is 13.0 Å². The second kappa shape index (κ2) is 6.95. The second-order valence-corrected chi connectivity index (χ2v) is 5.49. The normalized spacial score (nSPS) is 18.5. The minimum Gasteiger partial charge on any atom is -0.350 e. The van der Waals surface area contributed by atoms with Crippen LogP contribution in [0.3, 0.4) is 0 Å². The van der Waals surface area contributed by atoms with Gasteiger partial charge in [-0.25, -0.2) is 8.78 Å². The Hall–Kier alpha value is -1.53. The number of piperazine rings is 1. The van der Waals surface area contributed by atoms with Crippen LogP contribution >= 0.6 is 0 Å². The summed E-state index contributed by atoms with van der Waals surface area (Å²) >= 11 is 0. The van der Waals surface area contributed by atoms with E-state index in [0.29, 0.717) is 6.54 Å². The van der Waals surface area contributed by atoms with Crippen molar-refractivity contribution in [2.75, 3.05) is 39.8 Å². The third-order valence-electron chi connectivity index (χ3n) is 3.91. The van der Waals surface area contributed by atoms with Gasteiger partial charge in [0, 0.05) is 38.8 Å². The molecule has 1 aliphatic heterocycles. The van der Waals surface area contributed by atoms with E-state index in [1.165, 1.54) is 6.07 Å². The number of nitrogens with zero attached hydrogens (tertiary/aromatic N) is 2. The number of carbonyl (C=O) groups is 1. The molecule has 6 heteroatoms. The van der Waals surface area contributed by atoms with Gasteiger partial charge in [-0.2, -0.15) is 0 Å². The Morgan fingerprint density at radius 3 is 2.38 bits per heavy atom. The van der Waals surface area contributed by atoms with Gasteiger partial charge in [-0.3, -0.25) is 9.69 Å². The molecule has 0 aromatic heterocycles. The first-order valence-corrected chi connectivity index (χ1v) is 7.14. The number of nitrogens with one attached hydrogen (secondary N) is 1. The first-order valence-electron chi connectivity index (χ1n) is 7.14. The van der Waals surface area contributed by atoms with Crippen molar-refractivity contribution in [2.24, 2.45) is 0 Å². The number of carbonyl (C=O) groups excluding carboxylic acids is 1. The maximum atomic E-state index is 13.5. The van der Waals surface area contributed by atoms with Crippen LogP contribution in [0, 0.1) is 11.6 Å². The maximum Gasteiger partial charge on any atom is 0.257 e. The van der Waals surface area contributed by atoms with Crippen molar-refractivity contribution in [1.82, 2.24) is 15.1 Å². The van der Waals surface area contributed by atoms with E-state index in [2.05, 4.69) is 22.2 Å². The Balaban J connectivity index is 1.89. The van der Waals surface area contributed by atoms with Crippen LogP contribution in [-0.4, -0.2) is 61.5 Å². The second-order valence-electron chi connectivity index (χ2n) is 5.49. The monoisotopic (exact) mass is 297 g/mol. The summed E-state index contributed by atoms with van der Waals surface area (Å²) in [5.41, 5.74) is -0.511. The van der Waals surface area contributed by atoms with E-state index in [-0.39, 0.29) is 6.04 Å². The fourth-order valence-electron chi connectivity index (χ4n) is 2.44. The van der Waals surface area contributed by atoms with E-state index in [0.717, 1.165) is 38.3 Å². The molecule has 0 bridgehead atoms. The van der Waals surface area contributed by atoms with Crippen LogP contribution in [0.4, 0.5) is 8.78 Å². The number of likely N-dealkylation sites (N-methyl/N-ethyl adjacent to an activating group) is 1. The predicted octanol–water partition coefficient (Wildman–Crippen LogP) is 1.33. The lowest BCUT2D eigenvalue weighted by Gasteiger charge is -2.36. The standard InChI is InChI=1S/C15H21F2N3O/c1-11(20-8-6-19(2)7-9-20)10-18-15(21)14-12(16)4-3-5-13(14)17/h3-5,11H,6-10H2,1-2H3,(H,18,21). The molecule has 1 aromatic carbocycles. The summed E-state index contributed by atoms with van der Waals surface area (Å²) in [6.45, 7) is 6.21. The quantitative estimate of drug-likeness (QED) is 0.911. The zero-order valence-corrected chi connectivity index (χ0v) is 12.4. The smallest absolute Gasteiger partial charge is 0.257 e. The highest BCUT2D eigenvalue weighted by Gasteiger charge is 2.21. The molecule has 1 unspecified atom stereocenters. The third kappa shape index (κ3) is 3.98. The molecule has 1 saturated heterocycles. The fourth-order valence-corrected chi connectivity index (χ4v) is 2.44. The molecule has 0 radical (unpaired) electrons. The highest BCUT2D eigenvalue weighted by molar-refractivity contribution is 5.94. The van der Waals surface area contributed by atoms with Gasteiger partial charge in [-0.15, -0.1) is 0 Å². The van der Waals surface area contributed by atoms with Gasteiger partial charge < -0.3 is 10.2 Å². The molecule has 0 aliphatic carbocycles. The first kappa shape index (κ1) is 15.9. The zero-order valence-electron chi connectivity index (χ0n) is 12.4. The van der Waals surface area contributed by atoms with E-state index in [1.807, 2.05) is 6.92 Å². The summed E-state index contributed by atoms with van der Waals surface area (Å²) < 4.78 is 27.0. The number of halogens is 2. The summed E-state index contributed by atoms with van der Waals surface area (Å²) in [4.78, 5) is 16.4. The summed E-state index contributed by atoms with van der Waals surface area (Å²) in [7, 11) is 2.07. The minimum absolute atomic E-state index is 0.137. The van der Waals surface area contributed by atoms with E-state index < -0.39 is 23.1 Å². The van der Waals surface area contributed by atoms with Gasteiger partial charge in [0.25, 0.3) is 5.91 Å². The lowest BCUT2D eigenvalue weighted by molar-refractivity contribution is 0.0896. The predicted molar refractivity (Wildman–Crippen MR) is 77.2 cm³/mol. The van der Waals surface area contributed by atoms with Crippen molar-refractivity contribution >= 4 is 5.91 Å². The average Bonchev–Trinajstić information content (AvgIpc) is 2.45. The van der Waals surface area contributed by atoms with Gasteiger partial charge in [0.15, 0.2) is 0 Å². The van der Waals surface area contributed by atoms with Crippen molar-refractivity contribution in [3.05, 3.63) is 35.4 Å². The number of hydrogen-bond acceptors (Lipinski definition) is 3. The molecule has 2 rings (SSSR count). The summed E-state index contributed by atoms with van der Waals surface area (Å²) in [5, 5.41) is 2.61. The van der Waals surface area contributed by atoms with Crippen molar-refractivity contribution in [3.8, 4) is 0 Å². The Kier molecular flexibility index (Phi) is 5.25. The van der Waals surface area contributed by atoms with Crippen LogP contribution in [0.1, 0.15) is 17.3 Å². The molecule has 1 N–H and O–H groups in total. The van der Waals surface area contributed by atoms with E-state index in [1.54, 1.807) is 0 Å². The van der Waals surface area contributed by atoms with Gasteiger partial charge in [0.2, 0.25) is 0 Å². The average molecular weight is 297 g/mol. The first-order chi connectivity index (χ1) is 9.99. The molecule has 0 spiro atoms. The van der Waals surface area contributed by atoms with Gasteiger partial charge in [0.05, 0.1) is 0 Å². The molecule has 0 saturated carbocycles. The molecule has 1 aromatic rings. The Morgan fingerprint density at radius 2 is 1.81 bits per heavy atom. The number of amides is 1. The summed E-state index contributed by atoms with van der Waals surface area (Å²) in [6.07, 6.45) is 0. The van der Waals surface area contributed by atoms with E-state index >= 15 is 0 Å². The maximum absolute atomic E-state index is 13.5. The van der Waals surface area contributed by atoms with Crippen LogP contribution in [0.5, 0.6) is 0 Å². The van der Waals surface area contributed by atoms with E-state index in [4.69, 9.17) is 0 Å². The largest absolute Gasteiger partial charge is 0.350 e. The van der Waals surface area contributed by atoms with E-state index in [9.17, 15) is 13.6 Å². The lowest BCUT2D eigenvalue weighted by atomic mass is 10.1. The minimum atomic E-state index is -0.834. The number of rotatable bonds is 4. The van der Waals surface area contributed by atoms with Crippen LogP contribution < -0.4 is 5.32 Å². The fraction of sp³-hybridized carbons (Fsp3) is 0.533. The number of benzene rings is 1. The molecule has 116 valence electrons.